The van der Waals surface area contributed by atoms with Gasteiger partial charge in [0.15, 0.2) is 0 Å². The van der Waals surface area contributed by atoms with E-state index >= 15 is 0 Å². The highest BCUT2D eigenvalue weighted by Gasteiger charge is 2.23. The fourth-order valence-electron chi connectivity index (χ4n) is 1.96. The molecule has 0 spiro atoms. The fourth-order valence-corrected chi connectivity index (χ4v) is 1.96. The van der Waals surface area contributed by atoms with Crippen molar-refractivity contribution in [2.75, 3.05) is 13.7 Å². The lowest BCUT2D eigenvalue weighted by molar-refractivity contribution is 0.107. The zero-order valence-corrected chi connectivity index (χ0v) is 11.4. The molecule has 3 nitrogen and oxygen atoms in total. The quantitative estimate of drug-likeness (QED) is 0.730. The maximum atomic E-state index is 10.4. The van der Waals surface area contributed by atoms with E-state index in [-0.39, 0.29) is 6.04 Å². The zero-order chi connectivity index (χ0) is 13.5. The molecule has 0 aliphatic rings. The third kappa shape index (κ3) is 3.86. The van der Waals surface area contributed by atoms with E-state index in [9.17, 15) is 5.11 Å². The molecule has 3 heteroatoms. The second-order valence-electron chi connectivity index (χ2n) is 4.69. The van der Waals surface area contributed by atoms with Gasteiger partial charge < -0.3 is 15.2 Å². The number of nitrogens with one attached hydrogen (secondary N) is 1. The second-order valence-corrected chi connectivity index (χ2v) is 4.69. The van der Waals surface area contributed by atoms with Gasteiger partial charge in [0, 0.05) is 12.6 Å². The van der Waals surface area contributed by atoms with Gasteiger partial charge in [-0.2, -0.15) is 0 Å². The summed E-state index contributed by atoms with van der Waals surface area (Å²) in [7, 11) is 1.63. The van der Waals surface area contributed by atoms with Crippen LogP contribution in [-0.4, -0.2) is 24.8 Å². The number of hydrogen-bond donors (Lipinski definition) is 2. The first-order valence-electron chi connectivity index (χ1n) is 6.26. The molecule has 1 rings (SSSR count). The van der Waals surface area contributed by atoms with E-state index in [2.05, 4.69) is 25.7 Å². The molecule has 0 bridgehead atoms. The Balaban J connectivity index is 2.86. The Morgan fingerprint density at radius 3 is 2.72 bits per heavy atom. The molecule has 100 valence electrons. The third-order valence-corrected chi connectivity index (χ3v) is 2.99. The molecule has 18 heavy (non-hydrogen) atoms. The summed E-state index contributed by atoms with van der Waals surface area (Å²) >= 11 is 0. The number of rotatable bonds is 7. The van der Waals surface area contributed by atoms with Crippen molar-refractivity contribution in [1.82, 2.24) is 5.32 Å². The molecule has 2 atom stereocenters. The van der Waals surface area contributed by atoms with Crippen molar-refractivity contribution in [1.29, 1.82) is 0 Å². The largest absolute Gasteiger partial charge is 0.497 e. The summed E-state index contributed by atoms with van der Waals surface area (Å²) in [6.45, 7) is 8.55. The van der Waals surface area contributed by atoms with Gasteiger partial charge in [-0.1, -0.05) is 32.1 Å². The van der Waals surface area contributed by atoms with Crippen molar-refractivity contribution >= 4 is 0 Å². The standard InChI is InChI=1S/C15H23NO2/c1-5-9-16-14(11(2)3)15(17)12-7-6-8-13(10-12)18-4/h5-8,10-11,14-17H,1,9H2,2-4H3. The van der Waals surface area contributed by atoms with Crippen LogP contribution in [0.15, 0.2) is 36.9 Å². The Kier molecular flexibility index (Phi) is 5.89. The first kappa shape index (κ1) is 14.7. The monoisotopic (exact) mass is 249 g/mol. The maximum absolute atomic E-state index is 10.4. The molecule has 0 heterocycles. The van der Waals surface area contributed by atoms with Crippen molar-refractivity contribution in [2.24, 2.45) is 5.92 Å². The van der Waals surface area contributed by atoms with Crippen molar-refractivity contribution in [2.45, 2.75) is 26.0 Å². The summed E-state index contributed by atoms with van der Waals surface area (Å²) in [6, 6.07) is 7.54. The molecule has 0 aliphatic heterocycles. The van der Waals surface area contributed by atoms with Gasteiger partial charge in [0.1, 0.15) is 5.75 Å². The van der Waals surface area contributed by atoms with Crippen LogP contribution in [-0.2, 0) is 0 Å². The fraction of sp³-hybridized carbons (Fsp3) is 0.467. The lowest BCUT2D eigenvalue weighted by atomic mass is 9.93. The van der Waals surface area contributed by atoms with Gasteiger partial charge in [0.05, 0.1) is 13.2 Å². The summed E-state index contributed by atoms with van der Waals surface area (Å²) in [6.07, 6.45) is 1.24. The van der Waals surface area contributed by atoms with Crippen molar-refractivity contribution in [3.05, 3.63) is 42.5 Å². The summed E-state index contributed by atoms with van der Waals surface area (Å²) in [4.78, 5) is 0. The van der Waals surface area contributed by atoms with Gasteiger partial charge in [-0.05, 0) is 23.6 Å². The van der Waals surface area contributed by atoms with Crippen molar-refractivity contribution in [3.63, 3.8) is 0 Å². The van der Waals surface area contributed by atoms with Gasteiger partial charge in [-0.25, -0.2) is 0 Å². The highest BCUT2D eigenvalue weighted by molar-refractivity contribution is 5.30. The number of methoxy groups -OCH3 is 1. The predicted molar refractivity (Wildman–Crippen MR) is 74.8 cm³/mol. The Morgan fingerprint density at radius 1 is 1.44 bits per heavy atom. The number of aliphatic hydroxyl groups is 1. The average molecular weight is 249 g/mol. The van der Waals surface area contributed by atoms with Crippen molar-refractivity contribution in [3.8, 4) is 5.75 Å². The van der Waals surface area contributed by atoms with Crippen LogP contribution in [0.4, 0.5) is 0 Å². The minimum Gasteiger partial charge on any atom is -0.497 e. The molecule has 2 unspecified atom stereocenters. The van der Waals surface area contributed by atoms with E-state index in [0.29, 0.717) is 12.5 Å². The Hall–Kier alpha value is -1.32. The Morgan fingerprint density at radius 2 is 2.17 bits per heavy atom. The smallest absolute Gasteiger partial charge is 0.119 e. The van der Waals surface area contributed by atoms with E-state index in [1.54, 1.807) is 13.2 Å². The molecule has 2 N–H and O–H groups in total. The number of aliphatic hydroxyl groups excluding tert-OH is 1. The van der Waals surface area contributed by atoms with Gasteiger partial charge in [-0.15, -0.1) is 6.58 Å². The van der Waals surface area contributed by atoms with E-state index < -0.39 is 6.10 Å². The van der Waals surface area contributed by atoms with Crippen LogP contribution >= 0.6 is 0 Å². The van der Waals surface area contributed by atoms with Crippen LogP contribution < -0.4 is 10.1 Å². The molecule has 1 aromatic carbocycles. The van der Waals surface area contributed by atoms with Crippen LogP contribution in [0, 0.1) is 5.92 Å². The van der Waals surface area contributed by atoms with Gasteiger partial charge in [0.2, 0.25) is 0 Å². The Bertz CT molecular complexity index is 377. The predicted octanol–water partition coefficient (Wildman–Crippen LogP) is 2.53. The molecule has 0 fully saturated rings. The molecule has 0 radical (unpaired) electrons. The van der Waals surface area contributed by atoms with E-state index in [1.165, 1.54) is 0 Å². The lowest BCUT2D eigenvalue weighted by Gasteiger charge is -2.27. The number of benzene rings is 1. The minimum absolute atomic E-state index is 0.00453. The zero-order valence-electron chi connectivity index (χ0n) is 11.4. The maximum Gasteiger partial charge on any atom is 0.119 e. The summed E-state index contributed by atoms with van der Waals surface area (Å²) < 4.78 is 5.18. The highest BCUT2D eigenvalue weighted by atomic mass is 16.5. The van der Waals surface area contributed by atoms with Crippen LogP contribution in [0.3, 0.4) is 0 Å². The van der Waals surface area contributed by atoms with Crippen LogP contribution in [0.25, 0.3) is 0 Å². The average Bonchev–Trinajstić information content (AvgIpc) is 2.38. The molecule has 0 amide bonds. The number of ether oxygens (including phenoxy) is 1. The van der Waals surface area contributed by atoms with Gasteiger partial charge in [0.25, 0.3) is 0 Å². The first-order chi connectivity index (χ1) is 8.60. The van der Waals surface area contributed by atoms with Gasteiger partial charge in [-0.3, -0.25) is 0 Å². The second kappa shape index (κ2) is 7.19. The Labute approximate surface area is 109 Å². The van der Waals surface area contributed by atoms with Crippen molar-refractivity contribution < 1.29 is 9.84 Å². The minimum atomic E-state index is -0.556. The molecule has 0 aliphatic carbocycles. The van der Waals surface area contributed by atoms with Crippen LogP contribution in [0.5, 0.6) is 5.75 Å². The van der Waals surface area contributed by atoms with E-state index in [4.69, 9.17) is 4.74 Å². The highest BCUT2D eigenvalue weighted by Crippen LogP contribution is 2.24. The molecule has 0 aromatic heterocycles. The number of hydrogen-bond acceptors (Lipinski definition) is 3. The third-order valence-electron chi connectivity index (χ3n) is 2.99. The normalized spacial score (nSPS) is 14.3. The summed E-state index contributed by atoms with van der Waals surface area (Å²) in [5.74, 6) is 1.09. The molecular formula is C15H23NO2. The molecule has 0 saturated carbocycles. The summed E-state index contributed by atoms with van der Waals surface area (Å²) in [5.41, 5.74) is 0.865. The summed E-state index contributed by atoms with van der Waals surface area (Å²) in [5, 5.41) is 13.7. The first-order valence-corrected chi connectivity index (χ1v) is 6.26. The van der Waals surface area contributed by atoms with Gasteiger partial charge >= 0.3 is 0 Å². The topological polar surface area (TPSA) is 41.5 Å². The molecular weight excluding hydrogens is 226 g/mol. The van der Waals surface area contributed by atoms with Crippen LogP contribution in [0.2, 0.25) is 0 Å². The van der Waals surface area contributed by atoms with E-state index in [1.807, 2.05) is 24.3 Å². The SMILES string of the molecule is C=CCNC(C(C)C)C(O)c1cccc(OC)c1. The lowest BCUT2D eigenvalue weighted by Crippen LogP contribution is -2.39. The molecule has 1 aromatic rings. The van der Waals surface area contributed by atoms with E-state index in [0.717, 1.165) is 11.3 Å². The molecule has 0 saturated heterocycles. The van der Waals surface area contributed by atoms with Crippen LogP contribution in [0.1, 0.15) is 25.5 Å².